The molecule has 0 spiro atoms. The first-order valence-corrected chi connectivity index (χ1v) is 9.01. The number of esters is 1. The van der Waals surface area contributed by atoms with Gasteiger partial charge in [-0.15, -0.1) is 0 Å². The van der Waals surface area contributed by atoms with Crippen LogP contribution in [0.1, 0.15) is 29.5 Å². The molecule has 0 fully saturated rings. The van der Waals surface area contributed by atoms with Gasteiger partial charge in [-0.2, -0.15) is 0 Å². The lowest BCUT2D eigenvalue weighted by atomic mass is 9.87. The second-order valence-corrected chi connectivity index (χ2v) is 6.72. The molecule has 134 valence electrons. The van der Waals surface area contributed by atoms with Gasteiger partial charge in [0.25, 0.3) is 0 Å². The highest BCUT2D eigenvalue weighted by molar-refractivity contribution is 6.30. The highest BCUT2D eigenvalue weighted by Crippen LogP contribution is 2.45. The normalized spacial score (nSPS) is 13.3. The van der Waals surface area contributed by atoms with Gasteiger partial charge in [0.05, 0.1) is 0 Å². The molecule has 3 aromatic rings. The minimum Gasteiger partial charge on any atom is -0.457 e. The number of hydrogen-bond donors (Lipinski definition) is 0. The number of allylic oxidation sites excluding steroid dienone is 1. The summed E-state index contributed by atoms with van der Waals surface area (Å²) in [6.45, 7) is 1.40. The molecule has 0 unspecified atom stereocenters. The van der Waals surface area contributed by atoms with E-state index in [4.69, 9.17) is 21.1 Å². The predicted molar refractivity (Wildman–Crippen MR) is 106 cm³/mol. The molecule has 3 nitrogen and oxygen atoms in total. The monoisotopic (exact) mass is 376 g/mol. The average molecular weight is 377 g/mol. The molecule has 0 saturated carbocycles. The predicted octanol–water partition coefficient (Wildman–Crippen LogP) is 6.18. The van der Waals surface area contributed by atoms with Crippen molar-refractivity contribution in [2.45, 2.75) is 12.8 Å². The van der Waals surface area contributed by atoms with Crippen molar-refractivity contribution in [3.8, 4) is 11.5 Å². The second-order valence-electron chi connectivity index (χ2n) is 6.29. The number of carbonyl (C=O) groups is 1. The van der Waals surface area contributed by atoms with Crippen molar-refractivity contribution in [3.63, 3.8) is 0 Å². The summed E-state index contributed by atoms with van der Waals surface area (Å²) in [6, 6.07) is 23.0. The maximum atomic E-state index is 11.7. The number of rotatable bonds is 3. The van der Waals surface area contributed by atoms with E-state index in [0.717, 1.165) is 28.2 Å². The third-order valence-electron chi connectivity index (χ3n) is 4.43. The number of hydrogen-bond acceptors (Lipinski definition) is 3. The quantitative estimate of drug-likeness (QED) is 0.404. The van der Waals surface area contributed by atoms with Crippen LogP contribution >= 0.6 is 11.6 Å². The van der Waals surface area contributed by atoms with Gasteiger partial charge in [0.15, 0.2) is 0 Å². The van der Waals surface area contributed by atoms with E-state index in [1.165, 1.54) is 6.92 Å². The van der Waals surface area contributed by atoms with Crippen molar-refractivity contribution in [2.75, 3.05) is 0 Å². The molecule has 27 heavy (non-hydrogen) atoms. The van der Waals surface area contributed by atoms with Crippen LogP contribution in [0.15, 0.2) is 78.9 Å². The number of halogens is 1. The highest BCUT2D eigenvalue weighted by Gasteiger charge is 2.26. The van der Waals surface area contributed by atoms with Gasteiger partial charge in [-0.25, -0.2) is 0 Å². The lowest BCUT2D eigenvalue weighted by Gasteiger charge is -2.26. The molecule has 4 heteroatoms. The van der Waals surface area contributed by atoms with Gasteiger partial charge in [0, 0.05) is 34.6 Å². The summed E-state index contributed by atoms with van der Waals surface area (Å²) in [4.78, 5) is 11.7. The van der Waals surface area contributed by atoms with E-state index < -0.39 is 0 Å². The van der Waals surface area contributed by atoms with Gasteiger partial charge in [-0.3, -0.25) is 4.79 Å². The van der Waals surface area contributed by atoms with Crippen molar-refractivity contribution >= 4 is 23.3 Å². The first-order chi connectivity index (χ1) is 13.1. The summed E-state index contributed by atoms with van der Waals surface area (Å²) < 4.78 is 11.6. The third kappa shape index (κ3) is 3.60. The Kier molecular flexibility index (Phi) is 4.69. The summed E-state index contributed by atoms with van der Waals surface area (Å²) in [5.74, 6) is 1.63. The van der Waals surface area contributed by atoms with Crippen LogP contribution < -0.4 is 4.74 Å². The lowest BCUT2D eigenvalue weighted by Crippen LogP contribution is -2.10. The van der Waals surface area contributed by atoms with Crippen LogP contribution in [0.3, 0.4) is 0 Å². The van der Waals surface area contributed by atoms with Gasteiger partial charge in [0.2, 0.25) is 0 Å². The summed E-state index contributed by atoms with van der Waals surface area (Å²) >= 11 is 6.00. The summed E-state index contributed by atoms with van der Waals surface area (Å²) in [6.07, 6.45) is 1.96. The van der Waals surface area contributed by atoms with Gasteiger partial charge in [-0.05, 0) is 42.5 Å². The maximum absolute atomic E-state index is 11.7. The summed E-state index contributed by atoms with van der Waals surface area (Å²) in [5, 5.41) is 0.627. The van der Waals surface area contributed by atoms with Gasteiger partial charge >= 0.3 is 5.97 Å². The molecule has 1 aliphatic rings. The van der Waals surface area contributed by atoms with Crippen LogP contribution in [0.25, 0.3) is 5.76 Å². The number of fused-ring (bicyclic) bond motifs is 2. The fourth-order valence-corrected chi connectivity index (χ4v) is 3.36. The highest BCUT2D eigenvalue weighted by atomic mass is 35.5. The fraction of sp³-hybridized carbons (Fsp3) is 0.0870. The molecule has 0 aromatic heterocycles. The summed E-state index contributed by atoms with van der Waals surface area (Å²) in [5.41, 5.74) is 2.83. The molecule has 0 saturated heterocycles. The van der Waals surface area contributed by atoms with E-state index in [9.17, 15) is 4.79 Å². The van der Waals surface area contributed by atoms with Crippen LogP contribution in [-0.4, -0.2) is 5.97 Å². The van der Waals surface area contributed by atoms with Crippen molar-refractivity contribution in [3.05, 3.63) is 101 Å². The van der Waals surface area contributed by atoms with E-state index in [1.807, 2.05) is 66.7 Å². The fourth-order valence-electron chi connectivity index (χ4n) is 3.24. The third-order valence-corrected chi connectivity index (χ3v) is 4.68. The largest absolute Gasteiger partial charge is 0.457 e. The van der Waals surface area contributed by atoms with Crippen LogP contribution in [0.4, 0.5) is 0 Å². The van der Waals surface area contributed by atoms with E-state index in [2.05, 4.69) is 0 Å². The zero-order valence-corrected chi connectivity index (χ0v) is 15.4. The molecular weight excluding hydrogens is 360 g/mol. The van der Waals surface area contributed by atoms with E-state index in [-0.39, 0.29) is 11.9 Å². The number of para-hydroxylation sites is 2. The Bertz CT molecular complexity index is 976. The zero-order chi connectivity index (χ0) is 18.8. The molecule has 0 N–H and O–H groups in total. The van der Waals surface area contributed by atoms with Gasteiger partial charge in [0.1, 0.15) is 17.3 Å². The summed E-state index contributed by atoms with van der Waals surface area (Å²) in [7, 11) is 0. The first-order valence-electron chi connectivity index (χ1n) is 8.64. The van der Waals surface area contributed by atoms with E-state index in [0.29, 0.717) is 10.8 Å². The zero-order valence-electron chi connectivity index (χ0n) is 14.7. The van der Waals surface area contributed by atoms with Crippen LogP contribution in [0.5, 0.6) is 11.5 Å². The van der Waals surface area contributed by atoms with Gasteiger partial charge in [-0.1, -0.05) is 48.0 Å². The molecule has 0 radical (unpaired) electrons. The van der Waals surface area contributed by atoms with Crippen LogP contribution in [-0.2, 0) is 9.53 Å². The molecule has 0 bridgehead atoms. The SMILES string of the molecule is CC(=O)OC(=CC1c2ccccc2Oc2ccccc21)c1ccc(Cl)cc1. The smallest absolute Gasteiger partial charge is 0.308 e. The Morgan fingerprint density at radius 2 is 1.48 bits per heavy atom. The molecule has 4 rings (SSSR count). The minimum absolute atomic E-state index is 0.101. The van der Waals surface area contributed by atoms with Crippen molar-refractivity contribution in [1.29, 1.82) is 0 Å². The van der Waals surface area contributed by atoms with E-state index in [1.54, 1.807) is 12.1 Å². The number of benzene rings is 3. The standard InChI is InChI=1S/C23H17ClO3/c1-15(25)26-23(16-10-12-17(24)13-11-16)14-20-18-6-2-4-8-21(18)27-22-9-5-3-7-19(20)22/h2-14,20H,1H3. The Morgan fingerprint density at radius 1 is 0.926 bits per heavy atom. The molecule has 0 aliphatic carbocycles. The molecule has 3 aromatic carbocycles. The lowest BCUT2D eigenvalue weighted by molar-refractivity contribution is -0.134. The molecule has 1 aliphatic heterocycles. The van der Waals surface area contributed by atoms with Crippen LogP contribution in [0.2, 0.25) is 5.02 Å². The number of carbonyl (C=O) groups excluding carboxylic acids is 1. The molecule has 0 amide bonds. The molecule has 1 heterocycles. The Hall–Kier alpha value is -3.04. The van der Waals surface area contributed by atoms with Gasteiger partial charge < -0.3 is 9.47 Å². The number of ether oxygens (including phenoxy) is 2. The topological polar surface area (TPSA) is 35.5 Å². The van der Waals surface area contributed by atoms with Crippen molar-refractivity contribution in [1.82, 2.24) is 0 Å². The van der Waals surface area contributed by atoms with Crippen LogP contribution in [0, 0.1) is 0 Å². The first kappa shape index (κ1) is 17.4. The molecular formula is C23H17ClO3. The van der Waals surface area contributed by atoms with Crippen molar-refractivity contribution < 1.29 is 14.3 Å². The minimum atomic E-state index is -0.371. The second kappa shape index (κ2) is 7.29. The Balaban J connectivity index is 1.87. The average Bonchev–Trinajstić information content (AvgIpc) is 2.67. The Labute approximate surface area is 162 Å². The van der Waals surface area contributed by atoms with Crippen molar-refractivity contribution in [2.24, 2.45) is 0 Å². The Morgan fingerprint density at radius 3 is 2.04 bits per heavy atom. The molecule has 0 atom stereocenters. The maximum Gasteiger partial charge on any atom is 0.308 e. The van der Waals surface area contributed by atoms with E-state index >= 15 is 0 Å².